The summed E-state index contributed by atoms with van der Waals surface area (Å²) >= 11 is -0.858. The summed E-state index contributed by atoms with van der Waals surface area (Å²) < 4.78 is 6.28. The lowest BCUT2D eigenvalue weighted by atomic mass is 9.92. The summed E-state index contributed by atoms with van der Waals surface area (Å²) in [4.78, 5) is 2.55. The smallest absolute Gasteiger partial charge is 0.460 e. The van der Waals surface area contributed by atoms with E-state index >= 15 is 0 Å². The van der Waals surface area contributed by atoms with Crippen LogP contribution in [-0.4, -0.2) is 45.1 Å². The molecule has 0 bridgehead atoms. The van der Waals surface area contributed by atoms with Gasteiger partial charge in [0.05, 0.1) is 0 Å². The van der Waals surface area contributed by atoms with Gasteiger partial charge in [0, 0.05) is 6.10 Å². The Balaban J connectivity index is 2.29. The molecule has 1 aliphatic rings. The third-order valence-electron chi connectivity index (χ3n) is 4.06. The maximum atomic E-state index is 6.28. The van der Waals surface area contributed by atoms with Gasteiger partial charge in [-0.05, 0) is 45.3 Å². The predicted octanol–water partition coefficient (Wildman–Crippen LogP) is 3.15. The molecule has 0 radical (unpaired) electrons. The summed E-state index contributed by atoms with van der Waals surface area (Å²) in [5, 5.41) is 2.57. The van der Waals surface area contributed by atoms with Crippen molar-refractivity contribution >= 4 is 14.5 Å². The number of likely N-dealkylation sites (tertiary alicyclic amines) is 1. The van der Waals surface area contributed by atoms with Gasteiger partial charge in [-0.25, -0.2) is 0 Å². The first-order chi connectivity index (χ1) is 7.71. The van der Waals surface area contributed by atoms with Gasteiger partial charge in [0.2, 0.25) is 0 Å². The second kappa shape index (κ2) is 7.72. The lowest BCUT2D eigenvalue weighted by Gasteiger charge is -2.35. The molecular formula is C13H28AlNO. The Hall–Kier alpha value is 0.452. The molecule has 1 heterocycles. The number of piperidine rings is 1. The molecular weight excluding hydrogens is 213 g/mol. The molecule has 3 heteroatoms. The SMILES string of the molecule is CCN1CCC(C(C)[O][Al]([CH2]C)[CH2]C)CC1. The fraction of sp³-hybridized carbons (Fsp3) is 1.00. The Labute approximate surface area is 106 Å². The van der Waals surface area contributed by atoms with Crippen LogP contribution >= 0.6 is 0 Å². The Morgan fingerprint density at radius 3 is 2.19 bits per heavy atom. The minimum atomic E-state index is -0.858. The van der Waals surface area contributed by atoms with E-state index in [-0.39, 0.29) is 0 Å². The van der Waals surface area contributed by atoms with E-state index < -0.39 is 14.5 Å². The summed E-state index contributed by atoms with van der Waals surface area (Å²) in [6, 6.07) is 0. The topological polar surface area (TPSA) is 12.5 Å². The van der Waals surface area contributed by atoms with Crippen LogP contribution in [0.25, 0.3) is 0 Å². The third kappa shape index (κ3) is 4.37. The molecule has 16 heavy (non-hydrogen) atoms. The second-order valence-electron chi connectivity index (χ2n) is 5.05. The molecule has 0 spiro atoms. The molecule has 1 fully saturated rings. The second-order valence-corrected chi connectivity index (χ2v) is 8.20. The highest BCUT2D eigenvalue weighted by Crippen LogP contribution is 2.23. The zero-order valence-electron chi connectivity index (χ0n) is 11.5. The monoisotopic (exact) mass is 241 g/mol. The molecule has 1 aliphatic heterocycles. The van der Waals surface area contributed by atoms with E-state index in [9.17, 15) is 0 Å². The van der Waals surface area contributed by atoms with Crippen molar-refractivity contribution in [3.63, 3.8) is 0 Å². The highest BCUT2D eigenvalue weighted by Gasteiger charge is 2.26. The van der Waals surface area contributed by atoms with Crippen LogP contribution in [-0.2, 0) is 3.79 Å². The number of nitrogens with zero attached hydrogens (tertiary/aromatic N) is 1. The first kappa shape index (κ1) is 14.5. The van der Waals surface area contributed by atoms with E-state index in [1.54, 1.807) is 0 Å². The van der Waals surface area contributed by atoms with Crippen LogP contribution < -0.4 is 0 Å². The van der Waals surface area contributed by atoms with Gasteiger partial charge in [-0.3, -0.25) is 0 Å². The molecule has 2 nitrogen and oxygen atoms in total. The molecule has 0 aliphatic carbocycles. The summed E-state index contributed by atoms with van der Waals surface area (Å²) in [5.41, 5.74) is 0. The van der Waals surface area contributed by atoms with E-state index in [0.717, 1.165) is 5.92 Å². The number of hydrogen-bond donors (Lipinski definition) is 0. The van der Waals surface area contributed by atoms with E-state index in [4.69, 9.17) is 3.79 Å². The van der Waals surface area contributed by atoms with Gasteiger partial charge >= 0.3 is 14.5 Å². The molecule has 1 rings (SSSR count). The van der Waals surface area contributed by atoms with Crippen LogP contribution in [0.3, 0.4) is 0 Å². The van der Waals surface area contributed by atoms with Crippen molar-refractivity contribution in [2.24, 2.45) is 5.92 Å². The average molecular weight is 241 g/mol. The predicted molar refractivity (Wildman–Crippen MR) is 72.1 cm³/mol. The van der Waals surface area contributed by atoms with E-state index in [0.29, 0.717) is 6.10 Å². The third-order valence-corrected chi connectivity index (χ3v) is 6.70. The highest BCUT2D eigenvalue weighted by molar-refractivity contribution is 6.51. The molecule has 0 amide bonds. The van der Waals surface area contributed by atoms with Crippen molar-refractivity contribution in [2.45, 2.75) is 57.2 Å². The van der Waals surface area contributed by atoms with Gasteiger partial charge in [0.1, 0.15) is 0 Å². The minimum absolute atomic E-state index is 0.510. The van der Waals surface area contributed by atoms with Crippen LogP contribution in [0, 0.1) is 5.92 Å². The fourth-order valence-electron chi connectivity index (χ4n) is 2.63. The van der Waals surface area contributed by atoms with Crippen molar-refractivity contribution in [1.29, 1.82) is 0 Å². The molecule has 0 saturated carbocycles. The normalized spacial score (nSPS) is 21.0. The maximum Gasteiger partial charge on any atom is 0.460 e. The minimum Gasteiger partial charge on any atom is -0.498 e. The van der Waals surface area contributed by atoms with E-state index in [1.807, 2.05) is 0 Å². The van der Waals surface area contributed by atoms with Crippen LogP contribution in [0.15, 0.2) is 0 Å². The van der Waals surface area contributed by atoms with Gasteiger partial charge in [0.25, 0.3) is 0 Å². The Kier molecular flexibility index (Phi) is 7.00. The van der Waals surface area contributed by atoms with E-state index in [2.05, 4.69) is 32.6 Å². The Morgan fingerprint density at radius 2 is 1.75 bits per heavy atom. The molecule has 1 unspecified atom stereocenters. The summed E-state index contributed by atoms with van der Waals surface area (Å²) in [5.74, 6) is 0.816. The quantitative estimate of drug-likeness (QED) is 0.662. The van der Waals surface area contributed by atoms with Crippen molar-refractivity contribution in [3.05, 3.63) is 0 Å². The molecule has 0 aromatic carbocycles. The largest absolute Gasteiger partial charge is 0.498 e. The van der Waals surface area contributed by atoms with Gasteiger partial charge in [-0.1, -0.05) is 31.3 Å². The lowest BCUT2D eigenvalue weighted by Crippen LogP contribution is -2.39. The fourth-order valence-corrected chi connectivity index (χ4v) is 4.43. The van der Waals surface area contributed by atoms with Crippen molar-refractivity contribution in [2.75, 3.05) is 19.6 Å². The molecule has 1 saturated heterocycles. The average Bonchev–Trinajstić information content (AvgIpc) is 2.35. The van der Waals surface area contributed by atoms with Crippen molar-refractivity contribution in [3.8, 4) is 0 Å². The summed E-state index contributed by atoms with van der Waals surface area (Å²) in [6.45, 7) is 12.9. The molecule has 1 atom stereocenters. The Bertz CT molecular complexity index is 177. The zero-order chi connectivity index (χ0) is 12.0. The van der Waals surface area contributed by atoms with Gasteiger partial charge < -0.3 is 8.69 Å². The molecule has 94 valence electrons. The van der Waals surface area contributed by atoms with Crippen LogP contribution in [0.2, 0.25) is 10.6 Å². The van der Waals surface area contributed by atoms with Crippen LogP contribution in [0.1, 0.15) is 40.5 Å². The van der Waals surface area contributed by atoms with Crippen molar-refractivity contribution in [1.82, 2.24) is 4.90 Å². The lowest BCUT2D eigenvalue weighted by molar-refractivity contribution is 0.0886. The summed E-state index contributed by atoms with van der Waals surface area (Å²) in [7, 11) is 0. The van der Waals surface area contributed by atoms with Gasteiger partial charge in [-0.2, -0.15) is 0 Å². The Morgan fingerprint density at radius 1 is 1.19 bits per heavy atom. The maximum absolute atomic E-state index is 6.28. The summed E-state index contributed by atoms with van der Waals surface area (Å²) in [6.07, 6.45) is 3.18. The van der Waals surface area contributed by atoms with Gasteiger partial charge in [0.15, 0.2) is 0 Å². The van der Waals surface area contributed by atoms with Gasteiger partial charge in [-0.15, -0.1) is 0 Å². The van der Waals surface area contributed by atoms with E-state index in [1.165, 1.54) is 43.0 Å². The zero-order valence-corrected chi connectivity index (χ0v) is 12.7. The molecule has 0 N–H and O–H groups in total. The van der Waals surface area contributed by atoms with Crippen molar-refractivity contribution < 1.29 is 3.79 Å². The first-order valence-corrected chi connectivity index (χ1v) is 9.19. The number of hydrogen-bond acceptors (Lipinski definition) is 2. The first-order valence-electron chi connectivity index (χ1n) is 7.09. The highest BCUT2D eigenvalue weighted by atomic mass is 27.2. The molecule has 0 aromatic heterocycles. The molecule has 0 aromatic rings. The van der Waals surface area contributed by atoms with Crippen LogP contribution in [0.4, 0.5) is 0 Å². The van der Waals surface area contributed by atoms with Crippen LogP contribution in [0.5, 0.6) is 0 Å². The number of rotatable bonds is 6. The standard InChI is InChI=1S/C9H18NO.2C2H5.Al/c1-3-10-6-4-9(5-7-10)8(2)11;2*1-2;/h8-9H,3-7H2,1-2H3;2*1H2,2H3;/q-1;;;+1.